The molecule has 0 unspecified atom stereocenters. The van der Waals surface area contributed by atoms with Gasteiger partial charge in [0.05, 0.1) is 5.41 Å². The molecule has 4 nitrogen and oxygen atoms in total. The van der Waals surface area contributed by atoms with Gasteiger partial charge in [-0.05, 0) is 12.8 Å². The van der Waals surface area contributed by atoms with Crippen LogP contribution in [0.15, 0.2) is 0 Å². The Morgan fingerprint density at radius 1 is 1.40 bits per heavy atom. The van der Waals surface area contributed by atoms with Gasteiger partial charge in [-0.2, -0.15) is 0 Å². The highest BCUT2D eigenvalue weighted by molar-refractivity contribution is 6.05. The Morgan fingerprint density at radius 3 is 2.53 bits per heavy atom. The molecule has 4 heteroatoms. The summed E-state index contributed by atoms with van der Waals surface area (Å²) in [7, 11) is 0. The monoisotopic (exact) mass is 210 g/mol. The van der Waals surface area contributed by atoms with E-state index in [4.69, 9.17) is 0 Å². The Labute approximate surface area is 90.0 Å². The van der Waals surface area contributed by atoms with Crippen LogP contribution in [-0.2, 0) is 9.59 Å². The van der Waals surface area contributed by atoms with Crippen LogP contribution in [0.2, 0.25) is 0 Å². The van der Waals surface area contributed by atoms with E-state index < -0.39 is 5.41 Å². The molecule has 0 aromatic rings. The van der Waals surface area contributed by atoms with Crippen LogP contribution < -0.4 is 5.32 Å². The van der Waals surface area contributed by atoms with Crippen molar-refractivity contribution in [1.29, 1.82) is 0 Å². The van der Waals surface area contributed by atoms with Crippen molar-refractivity contribution in [3.05, 3.63) is 0 Å². The second-order valence-electron chi connectivity index (χ2n) is 5.14. The number of carbonyl (C=O) groups is 2. The summed E-state index contributed by atoms with van der Waals surface area (Å²) in [5.74, 6) is -0.0484. The van der Waals surface area contributed by atoms with Crippen molar-refractivity contribution in [3.63, 3.8) is 0 Å². The molecule has 15 heavy (non-hydrogen) atoms. The number of hydrogen-bond acceptors (Lipinski definition) is 3. The summed E-state index contributed by atoms with van der Waals surface area (Å²) < 4.78 is 0. The maximum absolute atomic E-state index is 11.8. The van der Waals surface area contributed by atoms with Gasteiger partial charge in [-0.25, -0.2) is 0 Å². The Kier molecular flexibility index (Phi) is 2.54. The van der Waals surface area contributed by atoms with E-state index in [9.17, 15) is 9.59 Å². The molecule has 0 aromatic carbocycles. The molecule has 0 aromatic heterocycles. The smallest absolute Gasteiger partial charge is 0.235 e. The minimum atomic E-state index is -0.489. The molecule has 0 atom stereocenters. The highest BCUT2D eigenvalue weighted by Crippen LogP contribution is 2.31. The number of rotatable bonds is 4. The largest absolute Gasteiger partial charge is 0.312 e. The lowest BCUT2D eigenvalue weighted by Crippen LogP contribution is -2.38. The minimum Gasteiger partial charge on any atom is -0.312 e. The maximum Gasteiger partial charge on any atom is 0.235 e. The van der Waals surface area contributed by atoms with Gasteiger partial charge in [0.15, 0.2) is 0 Å². The zero-order valence-corrected chi connectivity index (χ0v) is 9.38. The van der Waals surface area contributed by atoms with Gasteiger partial charge in [-0.3, -0.25) is 14.5 Å². The number of nitrogens with zero attached hydrogens (tertiary/aromatic N) is 1. The molecule has 0 bridgehead atoms. The highest BCUT2D eigenvalue weighted by atomic mass is 16.2. The van der Waals surface area contributed by atoms with E-state index in [1.807, 2.05) is 13.8 Å². The third-order valence-electron chi connectivity index (χ3n) is 3.06. The molecule has 1 saturated heterocycles. The fraction of sp³-hybridized carbons (Fsp3) is 0.818. The predicted molar refractivity (Wildman–Crippen MR) is 56.1 cm³/mol. The van der Waals surface area contributed by atoms with E-state index in [0.29, 0.717) is 19.0 Å². The summed E-state index contributed by atoms with van der Waals surface area (Å²) in [6.45, 7) is 4.93. The van der Waals surface area contributed by atoms with Gasteiger partial charge < -0.3 is 5.32 Å². The second kappa shape index (κ2) is 3.59. The molecule has 2 fully saturated rings. The average Bonchev–Trinajstić information content (AvgIpc) is 2.90. The minimum absolute atomic E-state index is 0.0231. The first-order valence-electron chi connectivity index (χ1n) is 5.59. The predicted octanol–water partition coefficient (Wildman–Crippen LogP) is 0.523. The van der Waals surface area contributed by atoms with E-state index >= 15 is 0 Å². The molecule has 1 heterocycles. The van der Waals surface area contributed by atoms with Crippen molar-refractivity contribution in [1.82, 2.24) is 10.2 Å². The Hall–Kier alpha value is -0.900. The Balaban J connectivity index is 1.85. The number of hydrogen-bond donors (Lipinski definition) is 1. The van der Waals surface area contributed by atoms with Crippen molar-refractivity contribution in [3.8, 4) is 0 Å². The van der Waals surface area contributed by atoms with Crippen LogP contribution in [0.1, 0.15) is 33.1 Å². The molecule has 2 amide bonds. The summed E-state index contributed by atoms with van der Waals surface area (Å²) in [6.07, 6.45) is 2.82. The van der Waals surface area contributed by atoms with Gasteiger partial charge >= 0.3 is 0 Å². The van der Waals surface area contributed by atoms with Crippen molar-refractivity contribution >= 4 is 11.8 Å². The molecule has 2 aliphatic rings. The summed E-state index contributed by atoms with van der Waals surface area (Å²) >= 11 is 0. The molecular weight excluding hydrogens is 192 g/mol. The molecule has 0 spiro atoms. The number of likely N-dealkylation sites (tertiary alicyclic amines) is 1. The fourth-order valence-corrected chi connectivity index (χ4v) is 1.92. The van der Waals surface area contributed by atoms with E-state index in [-0.39, 0.29) is 11.8 Å². The van der Waals surface area contributed by atoms with E-state index in [0.717, 1.165) is 6.54 Å². The van der Waals surface area contributed by atoms with E-state index in [2.05, 4.69) is 5.32 Å². The maximum atomic E-state index is 11.8. The van der Waals surface area contributed by atoms with Crippen LogP contribution in [0.4, 0.5) is 0 Å². The molecule has 1 N–H and O–H groups in total. The molecule has 1 aliphatic carbocycles. The molecule has 1 aliphatic heterocycles. The molecule has 1 saturated carbocycles. The summed E-state index contributed by atoms with van der Waals surface area (Å²) in [5.41, 5.74) is -0.489. The third-order valence-corrected chi connectivity index (χ3v) is 3.06. The van der Waals surface area contributed by atoms with Crippen molar-refractivity contribution in [2.75, 3.05) is 13.1 Å². The van der Waals surface area contributed by atoms with Crippen LogP contribution in [0.3, 0.4) is 0 Å². The third kappa shape index (κ3) is 2.20. The first kappa shape index (κ1) is 10.6. The normalized spacial score (nSPS) is 25.1. The first-order chi connectivity index (χ1) is 7.00. The Bertz CT molecular complexity index is 295. The zero-order chi connectivity index (χ0) is 11.1. The fourth-order valence-electron chi connectivity index (χ4n) is 1.92. The van der Waals surface area contributed by atoms with E-state index in [1.165, 1.54) is 17.7 Å². The van der Waals surface area contributed by atoms with E-state index in [1.54, 1.807) is 0 Å². The van der Waals surface area contributed by atoms with Crippen LogP contribution >= 0.6 is 0 Å². The van der Waals surface area contributed by atoms with Gasteiger partial charge in [-0.15, -0.1) is 0 Å². The zero-order valence-electron chi connectivity index (χ0n) is 9.38. The summed E-state index contributed by atoms with van der Waals surface area (Å²) in [4.78, 5) is 24.8. The summed E-state index contributed by atoms with van der Waals surface area (Å²) in [5, 5.41) is 3.31. The van der Waals surface area contributed by atoms with Crippen LogP contribution in [0.5, 0.6) is 0 Å². The number of imide groups is 1. The van der Waals surface area contributed by atoms with Crippen molar-refractivity contribution < 1.29 is 9.59 Å². The Morgan fingerprint density at radius 2 is 2.07 bits per heavy atom. The quantitative estimate of drug-likeness (QED) is 0.688. The topological polar surface area (TPSA) is 49.4 Å². The van der Waals surface area contributed by atoms with Gasteiger partial charge in [0.2, 0.25) is 11.8 Å². The van der Waals surface area contributed by atoms with Crippen molar-refractivity contribution in [2.24, 2.45) is 5.41 Å². The number of nitrogens with one attached hydrogen (secondary N) is 1. The summed E-state index contributed by atoms with van der Waals surface area (Å²) in [6, 6.07) is 0.630. The lowest BCUT2D eigenvalue weighted by atomic mass is 9.92. The molecule has 2 rings (SSSR count). The van der Waals surface area contributed by atoms with Crippen molar-refractivity contribution in [2.45, 2.75) is 39.2 Å². The first-order valence-corrected chi connectivity index (χ1v) is 5.59. The highest BCUT2D eigenvalue weighted by Gasteiger charge is 2.44. The number of carbonyl (C=O) groups excluding carboxylic acids is 2. The van der Waals surface area contributed by atoms with Crippen LogP contribution in [-0.4, -0.2) is 35.8 Å². The number of amides is 2. The van der Waals surface area contributed by atoms with Gasteiger partial charge in [0.1, 0.15) is 0 Å². The van der Waals surface area contributed by atoms with Gasteiger partial charge in [-0.1, -0.05) is 13.8 Å². The average molecular weight is 210 g/mol. The van der Waals surface area contributed by atoms with Crippen LogP contribution in [0.25, 0.3) is 0 Å². The van der Waals surface area contributed by atoms with Gasteiger partial charge in [0.25, 0.3) is 0 Å². The van der Waals surface area contributed by atoms with Crippen LogP contribution in [0, 0.1) is 5.41 Å². The standard InChI is InChI=1S/C11H18N2O2/c1-11(2)7-9(14)13(10(11)15)6-5-12-8-3-4-8/h8,12H,3-7H2,1-2H3. The molecule has 84 valence electrons. The second-order valence-corrected chi connectivity index (χ2v) is 5.14. The lowest BCUT2D eigenvalue weighted by Gasteiger charge is -2.17. The van der Waals surface area contributed by atoms with Gasteiger partial charge in [0, 0.05) is 25.6 Å². The lowest BCUT2D eigenvalue weighted by molar-refractivity contribution is -0.140. The SMILES string of the molecule is CC1(C)CC(=O)N(CCNC2CC2)C1=O. The molecule has 0 radical (unpaired) electrons. The molecular formula is C11H18N2O2.